The molecule has 0 radical (unpaired) electrons. The maximum absolute atomic E-state index is 12.4. The second-order valence-electron chi connectivity index (χ2n) is 5.60. The van der Waals surface area contributed by atoms with E-state index < -0.39 is 10.0 Å². The summed E-state index contributed by atoms with van der Waals surface area (Å²) in [7, 11) is -1.87. The minimum atomic E-state index is -3.67. The zero-order chi connectivity index (χ0) is 18.0. The van der Waals surface area contributed by atoms with Crippen molar-refractivity contribution in [2.24, 2.45) is 7.05 Å². The van der Waals surface area contributed by atoms with Crippen LogP contribution in [0.15, 0.2) is 53.6 Å². The number of nitrogens with zero attached hydrogens (tertiary/aromatic N) is 3. The molecule has 1 N–H and O–H groups in total. The highest BCUT2D eigenvalue weighted by Crippen LogP contribution is 2.21. The van der Waals surface area contributed by atoms with E-state index in [0.29, 0.717) is 10.7 Å². The molecular formula is C17H17ClN4O2S. The number of rotatable bonds is 5. The second kappa shape index (κ2) is 6.95. The van der Waals surface area contributed by atoms with Gasteiger partial charge in [0.15, 0.2) is 0 Å². The van der Waals surface area contributed by atoms with Gasteiger partial charge in [-0.15, -0.1) is 0 Å². The van der Waals surface area contributed by atoms with Crippen LogP contribution in [0.5, 0.6) is 0 Å². The van der Waals surface area contributed by atoms with Crippen molar-refractivity contribution in [3.63, 3.8) is 0 Å². The van der Waals surface area contributed by atoms with Gasteiger partial charge in [0.1, 0.15) is 0 Å². The van der Waals surface area contributed by atoms with Crippen molar-refractivity contribution in [3.8, 4) is 11.4 Å². The van der Waals surface area contributed by atoms with Gasteiger partial charge in [-0.1, -0.05) is 23.7 Å². The average Bonchev–Trinajstić information content (AvgIpc) is 2.97. The lowest BCUT2D eigenvalue weighted by atomic mass is 10.2. The number of benzene rings is 1. The van der Waals surface area contributed by atoms with E-state index in [0.717, 1.165) is 17.0 Å². The highest BCUT2D eigenvalue weighted by atomic mass is 35.5. The van der Waals surface area contributed by atoms with E-state index in [1.807, 2.05) is 31.2 Å². The quantitative estimate of drug-likeness (QED) is 0.742. The van der Waals surface area contributed by atoms with Gasteiger partial charge in [-0.3, -0.25) is 9.67 Å². The Bertz CT molecular complexity index is 1000. The maximum atomic E-state index is 12.4. The van der Waals surface area contributed by atoms with Crippen molar-refractivity contribution in [2.45, 2.75) is 18.4 Å². The van der Waals surface area contributed by atoms with Crippen LogP contribution in [0, 0.1) is 6.92 Å². The van der Waals surface area contributed by atoms with Gasteiger partial charge in [0.2, 0.25) is 10.0 Å². The van der Waals surface area contributed by atoms with Crippen LogP contribution in [-0.4, -0.2) is 23.2 Å². The summed E-state index contributed by atoms with van der Waals surface area (Å²) >= 11 is 6.01. The summed E-state index contributed by atoms with van der Waals surface area (Å²) < 4.78 is 29.1. The monoisotopic (exact) mass is 376 g/mol. The number of halogens is 1. The summed E-state index contributed by atoms with van der Waals surface area (Å²) in [6.07, 6.45) is 1.70. The van der Waals surface area contributed by atoms with Gasteiger partial charge in [-0.05, 0) is 42.8 Å². The van der Waals surface area contributed by atoms with Crippen LogP contribution in [0.2, 0.25) is 5.02 Å². The van der Waals surface area contributed by atoms with Gasteiger partial charge in [-0.2, -0.15) is 5.10 Å². The summed E-state index contributed by atoms with van der Waals surface area (Å²) in [5.41, 5.74) is 3.01. The highest BCUT2D eigenvalue weighted by molar-refractivity contribution is 7.89. The minimum Gasteiger partial charge on any atom is -0.266 e. The molecule has 0 aliphatic heterocycles. The van der Waals surface area contributed by atoms with Crippen LogP contribution in [0.3, 0.4) is 0 Å². The van der Waals surface area contributed by atoms with E-state index >= 15 is 0 Å². The van der Waals surface area contributed by atoms with Crippen molar-refractivity contribution in [2.75, 3.05) is 0 Å². The van der Waals surface area contributed by atoms with Crippen molar-refractivity contribution in [1.29, 1.82) is 0 Å². The van der Waals surface area contributed by atoms with E-state index in [-0.39, 0.29) is 11.4 Å². The van der Waals surface area contributed by atoms with Crippen LogP contribution >= 0.6 is 11.6 Å². The molecule has 0 unspecified atom stereocenters. The molecule has 8 heteroatoms. The van der Waals surface area contributed by atoms with Gasteiger partial charge in [0.25, 0.3) is 0 Å². The molecule has 130 valence electrons. The number of hydrogen-bond acceptors (Lipinski definition) is 4. The number of aromatic nitrogens is 3. The van der Waals surface area contributed by atoms with Crippen LogP contribution in [0.4, 0.5) is 0 Å². The Labute approximate surface area is 151 Å². The fraction of sp³-hybridized carbons (Fsp3) is 0.176. The van der Waals surface area contributed by atoms with Crippen LogP contribution in [0.1, 0.15) is 11.3 Å². The molecule has 0 amide bonds. The van der Waals surface area contributed by atoms with Gasteiger partial charge in [-0.25, -0.2) is 13.1 Å². The fourth-order valence-corrected chi connectivity index (χ4v) is 3.63. The van der Waals surface area contributed by atoms with E-state index in [4.69, 9.17) is 11.6 Å². The average molecular weight is 377 g/mol. The molecule has 0 fully saturated rings. The number of sulfonamides is 1. The zero-order valence-electron chi connectivity index (χ0n) is 13.8. The predicted molar refractivity (Wildman–Crippen MR) is 96.7 cm³/mol. The normalized spacial score (nSPS) is 11.6. The van der Waals surface area contributed by atoms with E-state index in [2.05, 4.69) is 14.8 Å². The number of hydrogen-bond donors (Lipinski definition) is 1. The topological polar surface area (TPSA) is 76.9 Å². The lowest BCUT2D eigenvalue weighted by molar-refractivity contribution is 0.579. The molecule has 25 heavy (non-hydrogen) atoms. The van der Waals surface area contributed by atoms with Gasteiger partial charge in [0.05, 0.1) is 28.5 Å². The first-order chi connectivity index (χ1) is 11.9. The Morgan fingerprint density at radius 3 is 2.68 bits per heavy atom. The lowest BCUT2D eigenvalue weighted by Gasteiger charge is -2.06. The molecule has 0 atom stereocenters. The van der Waals surface area contributed by atoms with Crippen LogP contribution in [-0.2, 0) is 23.6 Å². The molecule has 6 nitrogen and oxygen atoms in total. The number of nitrogens with one attached hydrogen (secondary N) is 1. The summed E-state index contributed by atoms with van der Waals surface area (Å²) in [6.45, 7) is 1.90. The van der Waals surface area contributed by atoms with E-state index in [1.54, 1.807) is 24.0 Å². The lowest BCUT2D eigenvalue weighted by Crippen LogP contribution is -2.23. The molecule has 0 saturated heterocycles. The molecule has 0 aliphatic carbocycles. The molecular weight excluding hydrogens is 360 g/mol. The Balaban J connectivity index is 1.78. The molecule has 3 aromatic rings. The molecule has 1 aromatic carbocycles. The third-order valence-corrected chi connectivity index (χ3v) is 5.56. The summed E-state index contributed by atoms with van der Waals surface area (Å²) in [4.78, 5) is 4.41. The molecule has 2 heterocycles. The van der Waals surface area contributed by atoms with Gasteiger partial charge in [0, 0.05) is 18.3 Å². The van der Waals surface area contributed by atoms with E-state index in [9.17, 15) is 8.42 Å². The molecule has 2 aromatic heterocycles. The van der Waals surface area contributed by atoms with Crippen LogP contribution in [0.25, 0.3) is 11.4 Å². The summed E-state index contributed by atoms with van der Waals surface area (Å²) in [5.74, 6) is 0. The Morgan fingerprint density at radius 1 is 1.20 bits per heavy atom. The molecule has 0 saturated carbocycles. The highest BCUT2D eigenvalue weighted by Gasteiger charge is 2.16. The third kappa shape index (κ3) is 3.89. The van der Waals surface area contributed by atoms with Crippen molar-refractivity contribution in [3.05, 3.63) is 64.9 Å². The van der Waals surface area contributed by atoms with Crippen molar-refractivity contribution < 1.29 is 8.42 Å². The largest absolute Gasteiger partial charge is 0.266 e. The van der Waals surface area contributed by atoms with Crippen molar-refractivity contribution in [1.82, 2.24) is 19.5 Å². The number of aryl methyl sites for hydroxylation is 2. The maximum Gasteiger partial charge on any atom is 0.240 e. The Hall–Kier alpha value is -2.22. The zero-order valence-corrected chi connectivity index (χ0v) is 15.3. The predicted octanol–water partition coefficient (Wildman–Crippen LogP) is 2.92. The fourth-order valence-electron chi connectivity index (χ4n) is 2.36. The second-order valence-corrected chi connectivity index (χ2v) is 7.77. The molecule has 0 bridgehead atoms. The smallest absolute Gasteiger partial charge is 0.240 e. The standard InChI is InChI=1S/C17H17ClN4O2S/c1-12-6-7-14(10-15(12)18)25(23,24)20-11-13-9-17(22(2)21-13)16-5-3-4-8-19-16/h3-10,20H,11H2,1-2H3. The minimum absolute atomic E-state index is 0.0779. The molecule has 3 rings (SSSR count). The van der Waals surface area contributed by atoms with Gasteiger partial charge >= 0.3 is 0 Å². The first kappa shape index (κ1) is 17.6. The Morgan fingerprint density at radius 2 is 2.00 bits per heavy atom. The molecule has 0 spiro atoms. The van der Waals surface area contributed by atoms with Crippen molar-refractivity contribution >= 4 is 21.6 Å². The summed E-state index contributed by atoms with van der Waals surface area (Å²) in [5, 5.41) is 4.75. The van der Waals surface area contributed by atoms with Crippen LogP contribution < -0.4 is 4.72 Å². The Kier molecular flexibility index (Phi) is 4.89. The first-order valence-electron chi connectivity index (χ1n) is 7.57. The van der Waals surface area contributed by atoms with E-state index in [1.165, 1.54) is 12.1 Å². The summed E-state index contributed by atoms with van der Waals surface area (Å²) in [6, 6.07) is 12.1. The number of pyridine rings is 1. The van der Waals surface area contributed by atoms with Gasteiger partial charge < -0.3 is 0 Å². The molecule has 0 aliphatic rings. The third-order valence-electron chi connectivity index (χ3n) is 3.75. The first-order valence-corrected chi connectivity index (χ1v) is 9.43. The SMILES string of the molecule is Cc1ccc(S(=O)(=O)NCc2cc(-c3ccccn3)n(C)n2)cc1Cl.